The monoisotopic (exact) mass is 301 g/mol. The van der Waals surface area contributed by atoms with Crippen LogP contribution in [-0.2, 0) is 0 Å². The molecule has 0 saturated heterocycles. The normalized spacial score (nSPS) is 13.8. The zero-order valence-electron chi connectivity index (χ0n) is 11.7. The number of hydrogen-bond donors (Lipinski definition) is 2. The van der Waals surface area contributed by atoms with Crippen LogP contribution in [0.15, 0.2) is 36.7 Å². The van der Waals surface area contributed by atoms with E-state index in [1.54, 1.807) is 18.5 Å². The van der Waals surface area contributed by atoms with Crippen molar-refractivity contribution < 1.29 is 4.79 Å². The fourth-order valence-electron chi connectivity index (χ4n) is 2.05. The number of nitrogens with one attached hydrogen (secondary N) is 2. The van der Waals surface area contributed by atoms with E-state index in [0.29, 0.717) is 16.6 Å². The molecule has 0 unspecified atom stereocenters. The fourth-order valence-corrected chi connectivity index (χ4v) is 2.28. The van der Waals surface area contributed by atoms with Gasteiger partial charge >= 0.3 is 0 Å². The van der Waals surface area contributed by atoms with Gasteiger partial charge in [0.2, 0.25) is 0 Å². The first kappa shape index (κ1) is 13.9. The lowest BCUT2D eigenvalue weighted by molar-refractivity contribution is 0.0951. The highest BCUT2D eigenvalue weighted by molar-refractivity contribution is 6.30. The van der Waals surface area contributed by atoms with E-state index in [9.17, 15) is 4.79 Å². The van der Waals surface area contributed by atoms with Gasteiger partial charge in [0.05, 0.1) is 17.4 Å². The largest absolute Gasteiger partial charge is 0.354 e. The SMILES string of the molecule is Cc1cc(Cl)ccc1Nc1cncc(C(=O)NC2CC2)c1. The van der Waals surface area contributed by atoms with Crippen molar-refractivity contribution in [1.82, 2.24) is 10.3 Å². The molecular weight excluding hydrogens is 286 g/mol. The summed E-state index contributed by atoms with van der Waals surface area (Å²) in [6.45, 7) is 1.98. The minimum Gasteiger partial charge on any atom is -0.354 e. The topological polar surface area (TPSA) is 54.0 Å². The Kier molecular flexibility index (Phi) is 3.80. The number of aromatic nitrogens is 1. The maximum atomic E-state index is 12.0. The van der Waals surface area contributed by atoms with Crippen LogP contribution < -0.4 is 10.6 Å². The molecule has 5 heteroatoms. The summed E-state index contributed by atoms with van der Waals surface area (Å²) in [6.07, 6.45) is 5.42. The molecule has 2 N–H and O–H groups in total. The van der Waals surface area contributed by atoms with Crippen LogP contribution in [0.4, 0.5) is 11.4 Å². The molecule has 1 heterocycles. The van der Waals surface area contributed by atoms with Crippen molar-refractivity contribution in [2.75, 3.05) is 5.32 Å². The molecule has 4 nitrogen and oxygen atoms in total. The van der Waals surface area contributed by atoms with Crippen LogP contribution in [0.25, 0.3) is 0 Å². The number of carbonyl (C=O) groups excluding carboxylic acids is 1. The van der Waals surface area contributed by atoms with Crippen molar-refractivity contribution in [3.05, 3.63) is 52.8 Å². The number of anilines is 2. The summed E-state index contributed by atoms with van der Waals surface area (Å²) in [6, 6.07) is 7.77. The summed E-state index contributed by atoms with van der Waals surface area (Å²) in [4.78, 5) is 16.1. The lowest BCUT2D eigenvalue weighted by Gasteiger charge is -2.11. The minimum absolute atomic E-state index is 0.0681. The summed E-state index contributed by atoms with van der Waals surface area (Å²) < 4.78 is 0. The van der Waals surface area contributed by atoms with Gasteiger partial charge in [-0.05, 0) is 49.6 Å². The summed E-state index contributed by atoms with van der Waals surface area (Å²) in [5.41, 5.74) is 3.33. The molecule has 1 aliphatic rings. The second kappa shape index (κ2) is 5.74. The molecule has 1 amide bonds. The number of hydrogen-bond acceptors (Lipinski definition) is 3. The zero-order chi connectivity index (χ0) is 14.8. The van der Waals surface area contributed by atoms with Crippen molar-refractivity contribution in [1.29, 1.82) is 0 Å². The number of benzene rings is 1. The second-order valence-electron chi connectivity index (χ2n) is 5.29. The van der Waals surface area contributed by atoms with Crippen LogP contribution >= 0.6 is 11.6 Å². The molecule has 108 valence electrons. The molecule has 2 aromatic rings. The van der Waals surface area contributed by atoms with Gasteiger partial charge in [0, 0.05) is 22.9 Å². The van der Waals surface area contributed by atoms with Crippen LogP contribution in [0.2, 0.25) is 5.02 Å². The van der Waals surface area contributed by atoms with Crippen molar-refractivity contribution >= 4 is 28.9 Å². The Bertz CT molecular complexity index is 683. The van der Waals surface area contributed by atoms with E-state index in [1.807, 2.05) is 25.1 Å². The van der Waals surface area contributed by atoms with Crippen LogP contribution in [-0.4, -0.2) is 16.9 Å². The van der Waals surface area contributed by atoms with Crippen molar-refractivity contribution in [3.8, 4) is 0 Å². The van der Waals surface area contributed by atoms with E-state index in [1.165, 1.54) is 0 Å². The van der Waals surface area contributed by atoms with Gasteiger partial charge in [-0.15, -0.1) is 0 Å². The molecule has 0 aliphatic heterocycles. The Hall–Kier alpha value is -2.07. The highest BCUT2D eigenvalue weighted by Crippen LogP contribution is 2.24. The zero-order valence-corrected chi connectivity index (χ0v) is 12.4. The number of amides is 1. The summed E-state index contributed by atoms with van der Waals surface area (Å²) in [5.74, 6) is -0.0681. The van der Waals surface area contributed by atoms with E-state index in [4.69, 9.17) is 11.6 Å². The molecule has 1 fully saturated rings. The molecule has 1 aromatic carbocycles. The molecule has 0 radical (unpaired) electrons. The summed E-state index contributed by atoms with van der Waals surface area (Å²) in [5, 5.41) is 6.92. The first-order valence-corrected chi connectivity index (χ1v) is 7.29. The Balaban J connectivity index is 1.77. The second-order valence-corrected chi connectivity index (χ2v) is 5.73. The first-order chi connectivity index (χ1) is 10.1. The fraction of sp³-hybridized carbons (Fsp3) is 0.250. The van der Waals surface area contributed by atoms with E-state index < -0.39 is 0 Å². The molecule has 1 saturated carbocycles. The van der Waals surface area contributed by atoms with Crippen molar-refractivity contribution in [2.24, 2.45) is 0 Å². The quantitative estimate of drug-likeness (QED) is 0.906. The predicted molar refractivity (Wildman–Crippen MR) is 84.2 cm³/mol. The third kappa shape index (κ3) is 3.52. The standard InChI is InChI=1S/C16H16ClN3O/c1-10-6-12(17)2-5-15(10)19-14-7-11(8-18-9-14)16(21)20-13-3-4-13/h2,5-9,13,19H,3-4H2,1H3,(H,20,21). The summed E-state index contributed by atoms with van der Waals surface area (Å²) >= 11 is 5.95. The van der Waals surface area contributed by atoms with E-state index in [0.717, 1.165) is 29.8 Å². The smallest absolute Gasteiger partial charge is 0.253 e. The highest BCUT2D eigenvalue weighted by atomic mass is 35.5. The number of pyridine rings is 1. The molecule has 3 rings (SSSR count). The molecule has 21 heavy (non-hydrogen) atoms. The number of nitrogens with zero attached hydrogens (tertiary/aromatic N) is 1. The third-order valence-electron chi connectivity index (χ3n) is 3.38. The molecule has 0 spiro atoms. The van der Waals surface area contributed by atoms with Gasteiger partial charge in [0.15, 0.2) is 0 Å². The van der Waals surface area contributed by atoms with Gasteiger partial charge in [-0.1, -0.05) is 11.6 Å². The molecule has 0 atom stereocenters. The van der Waals surface area contributed by atoms with E-state index in [-0.39, 0.29) is 5.91 Å². The third-order valence-corrected chi connectivity index (χ3v) is 3.62. The van der Waals surface area contributed by atoms with Crippen LogP contribution in [0.5, 0.6) is 0 Å². The van der Waals surface area contributed by atoms with Gasteiger partial charge < -0.3 is 10.6 Å². The average Bonchev–Trinajstić information content (AvgIpc) is 3.26. The van der Waals surface area contributed by atoms with E-state index >= 15 is 0 Å². The molecule has 0 bridgehead atoms. The number of halogens is 1. The molecule has 1 aromatic heterocycles. The van der Waals surface area contributed by atoms with Gasteiger partial charge in [-0.3, -0.25) is 9.78 Å². The Morgan fingerprint density at radius 3 is 2.81 bits per heavy atom. The predicted octanol–water partition coefficient (Wildman–Crippen LogP) is 3.68. The van der Waals surface area contributed by atoms with Gasteiger partial charge in [-0.25, -0.2) is 0 Å². The minimum atomic E-state index is -0.0681. The van der Waals surface area contributed by atoms with Gasteiger partial charge in [-0.2, -0.15) is 0 Å². The van der Waals surface area contributed by atoms with Gasteiger partial charge in [0.25, 0.3) is 5.91 Å². The van der Waals surface area contributed by atoms with Crippen LogP contribution in [0.3, 0.4) is 0 Å². The van der Waals surface area contributed by atoms with Gasteiger partial charge in [0.1, 0.15) is 0 Å². The highest BCUT2D eigenvalue weighted by Gasteiger charge is 2.23. The Morgan fingerprint density at radius 1 is 1.29 bits per heavy atom. The number of aryl methyl sites for hydroxylation is 1. The maximum absolute atomic E-state index is 12.0. The van der Waals surface area contributed by atoms with Crippen molar-refractivity contribution in [2.45, 2.75) is 25.8 Å². The first-order valence-electron chi connectivity index (χ1n) is 6.91. The van der Waals surface area contributed by atoms with Crippen LogP contribution in [0, 0.1) is 6.92 Å². The maximum Gasteiger partial charge on any atom is 0.253 e. The lowest BCUT2D eigenvalue weighted by Crippen LogP contribution is -2.25. The van der Waals surface area contributed by atoms with Crippen molar-refractivity contribution in [3.63, 3.8) is 0 Å². The van der Waals surface area contributed by atoms with Crippen LogP contribution in [0.1, 0.15) is 28.8 Å². The molecular formula is C16H16ClN3O. The average molecular weight is 302 g/mol. The molecule has 1 aliphatic carbocycles. The lowest BCUT2D eigenvalue weighted by atomic mass is 10.2. The summed E-state index contributed by atoms with van der Waals surface area (Å²) in [7, 11) is 0. The Labute approximate surface area is 128 Å². The number of rotatable bonds is 4. The van der Waals surface area contributed by atoms with E-state index in [2.05, 4.69) is 15.6 Å². The number of carbonyl (C=O) groups is 1. The Morgan fingerprint density at radius 2 is 2.10 bits per heavy atom.